The number of hydrogen-bond acceptors (Lipinski definition) is 4. The van der Waals surface area contributed by atoms with E-state index in [4.69, 9.17) is 0 Å². The van der Waals surface area contributed by atoms with Crippen LogP contribution in [-0.4, -0.2) is 39.8 Å². The fraction of sp³-hybridized carbons (Fsp3) is 0.292. The second kappa shape index (κ2) is 9.20. The first-order chi connectivity index (χ1) is 16.1. The van der Waals surface area contributed by atoms with E-state index in [0.717, 1.165) is 12.1 Å². The van der Waals surface area contributed by atoms with Crippen LogP contribution in [0.1, 0.15) is 47.3 Å². The number of aromatic nitrogens is 2. The van der Waals surface area contributed by atoms with Gasteiger partial charge in [-0.25, -0.2) is 0 Å². The molecule has 2 aromatic carbocycles. The van der Waals surface area contributed by atoms with Crippen molar-refractivity contribution in [2.24, 2.45) is 5.92 Å². The Morgan fingerprint density at radius 1 is 1.21 bits per heavy atom. The molecule has 1 aromatic heterocycles. The number of alkyl halides is 3. The Morgan fingerprint density at radius 3 is 2.65 bits per heavy atom. The van der Waals surface area contributed by atoms with Gasteiger partial charge in [0.15, 0.2) is 0 Å². The summed E-state index contributed by atoms with van der Waals surface area (Å²) in [6, 6.07) is 11.3. The number of carbonyl (C=O) groups excluding carboxylic acids is 2. The fourth-order valence-corrected chi connectivity index (χ4v) is 4.25. The van der Waals surface area contributed by atoms with Gasteiger partial charge in [-0.2, -0.15) is 5.10 Å². The third-order valence-corrected chi connectivity index (χ3v) is 5.48. The number of H-pyrrole nitrogens is 1. The lowest BCUT2D eigenvalue weighted by atomic mass is 9.79. The van der Waals surface area contributed by atoms with Crippen molar-refractivity contribution in [3.05, 3.63) is 77.6 Å². The van der Waals surface area contributed by atoms with Gasteiger partial charge in [-0.05, 0) is 29.7 Å². The van der Waals surface area contributed by atoms with Crippen LogP contribution in [0.3, 0.4) is 0 Å². The van der Waals surface area contributed by atoms with Gasteiger partial charge in [-0.1, -0.05) is 38.1 Å². The molecule has 3 aromatic rings. The minimum atomic E-state index is -4.85. The number of aromatic amines is 1. The zero-order valence-corrected chi connectivity index (χ0v) is 18.5. The van der Waals surface area contributed by atoms with E-state index < -0.39 is 30.0 Å². The lowest BCUT2D eigenvalue weighted by Gasteiger charge is -2.42. The number of hydrogen-bond donors (Lipinski definition) is 2. The number of benzene rings is 2. The van der Waals surface area contributed by atoms with Crippen molar-refractivity contribution < 1.29 is 27.5 Å². The first kappa shape index (κ1) is 23.3. The highest BCUT2D eigenvalue weighted by Gasteiger charge is 2.44. The van der Waals surface area contributed by atoms with Crippen LogP contribution in [-0.2, 0) is 4.79 Å². The molecule has 1 aliphatic heterocycles. The van der Waals surface area contributed by atoms with Crippen LogP contribution in [0.5, 0.6) is 5.75 Å². The Morgan fingerprint density at radius 2 is 1.97 bits per heavy atom. The predicted molar refractivity (Wildman–Crippen MR) is 118 cm³/mol. The molecule has 2 heterocycles. The Balaban J connectivity index is 1.74. The summed E-state index contributed by atoms with van der Waals surface area (Å²) in [5.41, 5.74) is 1.75. The Labute approximate surface area is 193 Å². The van der Waals surface area contributed by atoms with Gasteiger partial charge in [-0.3, -0.25) is 14.7 Å². The average Bonchev–Trinajstić information content (AvgIpc) is 3.28. The molecule has 0 bridgehead atoms. The molecule has 2 amide bonds. The van der Waals surface area contributed by atoms with E-state index in [2.05, 4.69) is 20.3 Å². The smallest absolute Gasteiger partial charge is 0.406 e. The maximum atomic E-state index is 13.6. The zero-order chi connectivity index (χ0) is 24.5. The van der Waals surface area contributed by atoms with Crippen LogP contribution in [0.2, 0.25) is 0 Å². The molecule has 0 saturated carbocycles. The lowest BCUT2D eigenvalue weighted by Crippen LogP contribution is -2.47. The second-order valence-corrected chi connectivity index (χ2v) is 8.46. The van der Waals surface area contributed by atoms with Crippen molar-refractivity contribution in [1.29, 1.82) is 0 Å². The molecule has 7 nitrogen and oxygen atoms in total. The van der Waals surface area contributed by atoms with Gasteiger partial charge in [0.25, 0.3) is 5.91 Å². The topological polar surface area (TPSA) is 87.3 Å². The first-order valence-corrected chi connectivity index (χ1v) is 10.7. The molecule has 2 atom stereocenters. The maximum Gasteiger partial charge on any atom is 0.573 e. The first-order valence-electron chi connectivity index (χ1n) is 10.7. The zero-order valence-electron chi connectivity index (χ0n) is 18.5. The van der Waals surface area contributed by atoms with Crippen LogP contribution in [0.25, 0.3) is 0 Å². The summed E-state index contributed by atoms with van der Waals surface area (Å²) in [5, 5.41) is 9.44. The fourth-order valence-electron chi connectivity index (χ4n) is 4.25. The predicted octanol–water partition coefficient (Wildman–Crippen LogP) is 4.88. The van der Waals surface area contributed by atoms with Crippen LogP contribution in [0.15, 0.2) is 60.9 Å². The SMILES string of the molecule is CC(C)CN1C(=O)c2ccccc2[C@H](C(=O)Nc2cccc(OC(F)(F)F)c2)[C@H]1c1cn[nH]c1. The minimum absolute atomic E-state index is 0.128. The second-order valence-electron chi connectivity index (χ2n) is 8.46. The van der Waals surface area contributed by atoms with Gasteiger partial charge < -0.3 is 15.0 Å². The highest BCUT2D eigenvalue weighted by molar-refractivity contribution is 6.04. The van der Waals surface area contributed by atoms with Crippen molar-refractivity contribution in [2.75, 3.05) is 11.9 Å². The number of rotatable bonds is 6. The highest BCUT2D eigenvalue weighted by atomic mass is 19.4. The molecule has 34 heavy (non-hydrogen) atoms. The lowest BCUT2D eigenvalue weighted by molar-refractivity contribution is -0.274. The van der Waals surface area contributed by atoms with Crippen molar-refractivity contribution in [2.45, 2.75) is 32.2 Å². The molecule has 1 aliphatic rings. The molecular formula is C24H23F3N4O3. The summed E-state index contributed by atoms with van der Waals surface area (Å²) in [6.45, 7) is 4.35. The van der Waals surface area contributed by atoms with E-state index in [-0.39, 0.29) is 17.5 Å². The monoisotopic (exact) mass is 472 g/mol. The molecule has 178 valence electrons. The maximum absolute atomic E-state index is 13.6. The van der Waals surface area contributed by atoms with Crippen LogP contribution in [0, 0.1) is 5.92 Å². The van der Waals surface area contributed by atoms with Crippen molar-refractivity contribution in [1.82, 2.24) is 15.1 Å². The molecule has 4 rings (SSSR count). The van der Waals surface area contributed by atoms with Crippen molar-refractivity contribution >= 4 is 17.5 Å². The van der Waals surface area contributed by atoms with Crippen LogP contribution in [0.4, 0.5) is 18.9 Å². The van der Waals surface area contributed by atoms with Gasteiger partial charge in [0, 0.05) is 35.6 Å². The third kappa shape index (κ3) is 4.90. The summed E-state index contributed by atoms with van der Waals surface area (Å²) in [4.78, 5) is 28.7. The molecular weight excluding hydrogens is 449 g/mol. The van der Waals surface area contributed by atoms with E-state index in [1.165, 1.54) is 12.1 Å². The minimum Gasteiger partial charge on any atom is -0.406 e. The molecule has 0 radical (unpaired) electrons. The summed E-state index contributed by atoms with van der Waals surface area (Å²) in [7, 11) is 0. The number of carbonyl (C=O) groups is 2. The molecule has 2 N–H and O–H groups in total. The number of ether oxygens (including phenoxy) is 1. The Bertz CT molecular complexity index is 1180. The molecule has 0 saturated heterocycles. The number of halogens is 3. The highest BCUT2D eigenvalue weighted by Crippen LogP contribution is 2.43. The summed E-state index contributed by atoms with van der Waals surface area (Å²) in [6.07, 6.45) is -1.65. The van der Waals surface area contributed by atoms with Crippen molar-refractivity contribution in [3.63, 3.8) is 0 Å². The van der Waals surface area contributed by atoms with E-state index in [1.807, 2.05) is 13.8 Å². The molecule has 0 unspecified atom stereocenters. The van der Waals surface area contributed by atoms with Gasteiger partial charge in [-0.15, -0.1) is 13.2 Å². The van der Waals surface area contributed by atoms with E-state index in [9.17, 15) is 22.8 Å². The molecule has 0 spiro atoms. The van der Waals surface area contributed by atoms with E-state index in [0.29, 0.717) is 23.2 Å². The average molecular weight is 472 g/mol. The molecule has 0 aliphatic carbocycles. The normalized spacial score (nSPS) is 18.1. The molecule has 10 heteroatoms. The van der Waals surface area contributed by atoms with Gasteiger partial charge >= 0.3 is 6.36 Å². The summed E-state index contributed by atoms with van der Waals surface area (Å²) < 4.78 is 41.8. The Hall–Kier alpha value is -3.82. The van der Waals surface area contributed by atoms with Crippen molar-refractivity contribution in [3.8, 4) is 5.75 Å². The Kier molecular flexibility index (Phi) is 6.32. The number of amides is 2. The van der Waals surface area contributed by atoms with E-state index >= 15 is 0 Å². The number of anilines is 1. The molecule has 0 fully saturated rings. The standard InChI is InChI=1S/C24H23F3N4O3/c1-14(2)13-31-21(15-11-28-29-12-15)20(18-8-3-4-9-19(18)23(31)33)22(32)30-16-6-5-7-17(10-16)34-24(25,26)27/h3-12,14,20-21H,13H2,1-2H3,(H,28,29)(H,30,32)/t20-,21+/m0/s1. The summed E-state index contributed by atoms with van der Waals surface area (Å²) >= 11 is 0. The van der Waals surface area contributed by atoms with Gasteiger partial charge in [0.05, 0.1) is 18.2 Å². The summed E-state index contributed by atoms with van der Waals surface area (Å²) in [5.74, 6) is -1.80. The number of nitrogens with zero attached hydrogens (tertiary/aromatic N) is 2. The van der Waals surface area contributed by atoms with Crippen LogP contribution < -0.4 is 10.1 Å². The largest absolute Gasteiger partial charge is 0.573 e. The van der Waals surface area contributed by atoms with Gasteiger partial charge in [0.2, 0.25) is 5.91 Å². The van der Waals surface area contributed by atoms with Gasteiger partial charge in [0.1, 0.15) is 5.75 Å². The van der Waals surface area contributed by atoms with E-state index in [1.54, 1.807) is 41.6 Å². The third-order valence-electron chi connectivity index (χ3n) is 5.48. The quantitative estimate of drug-likeness (QED) is 0.535. The number of nitrogens with one attached hydrogen (secondary N) is 2. The van der Waals surface area contributed by atoms with Crippen LogP contribution >= 0.6 is 0 Å². The number of fused-ring (bicyclic) bond motifs is 1.